The summed E-state index contributed by atoms with van der Waals surface area (Å²) in [6.45, 7) is 2.23. The van der Waals surface area contributed by atoms with Crippen LogP contribution in [0.3, 0.4) is 0 Å². The van der Waals surface area contributed by atoms with Crippen molar-refractivity contribution in [2.75, 3.05) is 25.0 Å². The van der Waals surface area contributed by atoms with Crippen molar-refractivity contribution in [1.29, 1.82) is 0 Å². The second-order valence-corrected chi connectivity index (χ2v) is 4.54. The summed E-state index contributed by atoms with van der Waals surface area (Å²) in [5.74, 6) is -0.964. The molecule has 1 aromatic rings. The lowest BCUT2D eigenvalue weighted by Gasteiger charge is -2.39. The van der Waals surface area contributed by atoms with Gasteiger partial charge in [-0.05, 0) is 18.6 Å². The molecular formula is C13H16N2O3. The van der Waals surface area contributed by atoms with Crippen LogP contribution in [0.15, 0.2) is 24.3 Å². The van der Waals surface area contributed by atoms with E-state index in [0.29, 0.717) is 0 Å². The Morgan fingerprint density at radius 2 is 2.06 bits per heavy atom. The van der Waals surface area contributed by atoms with Crippen LogP contribution in [0, 0.1) is 6.92 Å². The van der Waals surface area contributed by atoms with E-state index in [1.165, 1.54) is 4.90 Å². The molecule has 5 nitrogen and oxygen atoms in total. The van der Waals surface area contributed by atoms with Crippen molar-refractivity contribution in [2.45, 2.75) is 13.0 Å². The molecule has 0 spiro atoms. The lowest BCUT2D eigenvalue weighted by molar-refractivity contribution is -0.141. The van der Waals surface area contributed by atoms with Crippen molar-refractivity contribution >= 4 is 17.6 Å². The molecule has 0 aliphatic carbocycles. The van der Waals surface area contributed by atoms with Crippen LogP contribution in [0.5, 0.6) is 0 Å². The third-order valence-corrected chi connectivity index (χ3v) is 3.26. The minimum Gasteiger partial charge on any atom is -0.480 e. The van der Waals surface area contributed by atoms with Crippen molar-refractivity contribution in [3.05, 3.63) is 29.8 Å². The molecule has 0 bridgehead atoms. The first kappa shape index (κ1) is 12.4. The number of piperazine rings is 1. The number of carbonyl (C=O) groups is 2. The van der Waals surface area contributed by atoms with Crippen LogP contribution in [0.25, 0.3) is 0 Å². The number of anilines is 1. The van der Waals surface area contributed by atoms with E-state index in [1.807, 2.05) is 31.2 Å². The molecule has 0 saturated carbocycles. The summed E-state index contributed by atoms with van der Waals surface area (Å²) >= 11 is 0. The van der Waals surface area contributed by atoms with Crippen LogP contribution in [0.2, 0.25) is 0 Å². The topological polar surface area (TPSA) is 60.9 Å². The molecule has 5 heteroatoms. The number of carbonyl (C=O) groups excluding carboxylic acids is 1. The second kappa shape index (κ2) is 4.68. The average molecular weight is 248 g/mol. The number of amides is 1. The molecule has 0 aromatic heterocycles. The van der Waals surface area contributed by atoms with Crippen LogP contribution < -0.4 is 4.90 Å². The Morgan fingerprint density at radius 3 is 2.67 bits per heavy atom. The molecule has 1 fully saturated rings. The molecule has 2 rings (SSSR count). The standard InChI is InChI=1S/C13H16N2O3/c1-9-5-3-4-6-10(9)15-8-12(16)14(2)7-11(15)13(17)18/h3-6,11H,7-8H2,1-2H3,(H,17,18). The Bertz CT molecular complexity index is 487. The van der Waals surface area contributed by atoms with Crippen LogP contribution in [-0.4, -0.2) is 48.1 Å². The summed E-state index contributed by atoms with van der Waals surface area (Å²) in [4.78, 5) is 26.2. The molecule has 18 heavy (non-hydrogen) atoms. The zero-order valence-corrected chi connectivity index (χ0v) is 10.5. The zero-order chi connectivity index (χ0) is 13.3. The quantitative estimate of drug-likeness (QED) is 0.838. The van der Waals surface area contributed by atoms with E-state index in [2.05, 4.69) is 0 Å². The van der Waals surface area contributed by atoms with Crippen LogP contribution >= 0.6 is 0 Å². The molecule has 0 radical (unpaired) electrons. The van der Waals surface area contributed by atoms with Gasteiger partial charge in [-0.15, -0.1) is 0 Å². The maximum absolute atomic E-state index is 11.7. The van der Waals surface area contributed by atoms with Gasteiger partial charge >= 0.3 is 5.97 Å². The maximum Gasteiger partial charge on any atom is 0.328 e. The average Bonchev–Trinajstić information content (AvgIpc) is 2.32. The summed E-state index contributed by atoms with van der Waals surface area (Å²) in [5, 5.41) is 9.29. The van der Waals surface area contributed by atoms with Gasteiger partial charge in [0.25, 0.3) is 0 Å². The number of carboxylic acid groups (broad SMARTS) is 1. The number of likely N-dealkylation sites (N-methyl/N-ethyl adjacent to an activating group) is 1. The molecule has 1 aliphatic rings. The lowest BCUT2D eigenvalue weighted by Crippen LogP contribution is -2.58. The van der Waals surface area contributed by atoms with Crippen molar-refractivity contribution in [1.82, 2.24) is 4.90 Å². The van der Waals surface area contributed by atoms with Crippen molar-refractivity contribution in [2.24, 2.45) is 0 Å². The second-order valence-electron chi connectivity index (χ2n) is 4.54. The maximum atomic E-state index is 11.7. The predicted octanol–water partition coefficient (Wildman–Crippen LogP) is 0.727. The molecule has 1 unspecified atom stereocenters. The SMILES string of the molecule is Cc1ccccc1N1CC(=O)N(C)CC1C(=O)O. The van der Waals surface area contributed by atoms with Crippen LogP contribution in [0.1, 0.15) is 5.56 Å². The smallest absolute Gasteiger partial charge is 0.328 e. The van der Waals surface area contributed by atoms with E-state index in [-0.39, 0.29) is 19.0 Å². The van der Waals surface area contributed by atoms with Gasteiger partial charge in [0.05, 0.1) is 13.1 Å². The number of hydrogen-bond acceptors (Lipinski definition) is 3. The Hall–Kier alpha value is -2.04. The fourth-order valence-corrected chi connectivity index (χ4v) is 2.19. The van der Waals surface area contributed by atoms with Crippen LogP contribution in [0.4, 0.5) is 5.69 Å². The lowest BCUT2D eigenvalue weighted by atomic mass is 10.1. The molecule has 1 aromatic carbocycles. The highest BCUT2D eigenvalue weighted by atomic mass is 16.4. The van der Waals surface area contributed by atoms with E-state index in [9.17, 15) is 14.7 Å². The van der Waals surface area contributed by atoms with Crippen molar-refractivity contribution < 1.29 is 14.7 Å². The highest BCUT2D eigenvalue weighted by molar-refractivity contribution is 5.89. The summed E-state index contributed by atoms with van der Waals surface area (Å²) in [5.41, 5.74) is 1.78. The summed E-state index contributed by atoms with van der Waals surface area (Å²) in [7, 11) is 1.63. The number of rotatable bonds is 2. The minimum absolute atomic E-state index is 0.0595. The number of aryl methyl sites for hydroxylation is 1. The van der Waals surface area contributed by atoms with Gasteiger partial charge in [-0.1, -0.05) is 18.2 Å². The third kappa shape index (κ3) is 2.16. The van der Waals surface area contributed by atoms with Gasteiger partial charge in [0.15, 0.2) is 0 Å². The molecule has 1 saturated heterocycles. The van der Waals surface area contributed by atoms with E-state index >= 15 is 0 Å². The number of nitrogens with zero attached hydrogens (tertiary/aromatic N) is 2. The number of hydrogen-bond donors (Lipinski definition) is 1. The van der Waals surface area contributed by atoms with E-state index in [0.717, 1.165) is 11.3 Å². The predicted molar refractivity (Wildman–Crippen MR) is 67.6 cm³/mol. The molecule has 1 amide bonds. The molecule has 1 aliphatic heterocycles. The van der Waals surface area contributed by atoms with Gasteiger partial charge in [0.2, 0.25) is 5.91 Å². The largest absolute Gasteiger partial charge is 0.480 e. The zero-order valence-electron chi connectivity index (χ0n) is 10.5. The highest BCUT2D eigenvalue weighted by Gasteiger charge is 2.35. The van der Waals surface area contributed by atoms with Gasteiger partial charge < -0.3 is 14.9 Å². The Labute approximate surface area is 106 Å². The highest BCUT2D eigenvalue weighted by Crippen LogP contribution is 2.24. The number of para-hydroxylation sites is 1. The minimum atomic E-state index is -0.905. The number of benzene rings is 1. The fraction of sp³-hybridized carbons (Fsp3) is 0.385. The van der Waals surface area contributed by atoms with Gasteiger partial charge in [0.1, 0.15) is 6.04 Å². The van der Waals surface area contributed by atoms with E-state index in [4.69, 9.17) is 0 Å². The monoisotopic (exact) mass is 248 g/mol. The Balaban J connectivity index is 2.37. The van der Waals surface area contributed by atoms with Crippen molar-refractivity contribution in [3.63, 3.8) is 0 Å². The van der Waals surface area contributed by atoms with Gasteiger partial charge in [-0.3, -0.25) is 4.79 Å². The van der Waals surface area contributed by atoms with Crippen molar-refractivity contribution in [3.8, 4) is 0 Å². The molecular weight excluding hydrogens is 232 g/mol. The first-order chi connectivity index (χ1) is 8.50. The summed E-state index contributed by atoms with van der Waals surface area (Å²) < 4.78 is 0. The third-order valence-electron chi connectivity index (χ3n) is 3.26. The normalized spacial score (nSPS) is 20.1. The van der Waals surface area contributed by atoms with Gasteiger partial charge in [-0.25, -0.2) is 4.79 Å². The fourth-order valence-electron chi connectivity index (χ4n) is 2.19. The van der Waals surface area contributed by atoms with Gasteiger partial charge in [0, 0.05) is 12.7 Å². The number of aliphatic carboxylic acids is 1. The molecule has 1 heterocycles. The summed E-state index contributed by atoms with van der Waals surface area (Å²) in [6.07, 6.45) is 0. The van der Waals surface area contributed by atoms with E-state index in [1.54, 1.807) is 11.9 Å². The number of carboxylic acids is 1. The Morgan fingerprint density at radius 1 is 1.39 bits per heavy atom. The first-order valence-corrected chi connectivity index (χ1v) is 5.79. The van der Waals surface area contributed by atoms with Crippen LogP contribution in [-0.2, 0) is 9.59 Å². The molecule has 96 valence electrons. The first-order valence-electron chi connectivity index (χ1n) is 5.79. The molecule has 1 N–H and O–H groups in total. The Kier molecular flexibility index (Phi) is 3.23. The summed E-state index contributed by atoms with van der Waals surface area (Å²) in [6, 6.07) is 6.83. The molecule has 1 atom stereocenters. The van der Waals surface area contributed by atoms with E-state index < -0.39 is 12.0 Å². The van der Waals surface area contributed by atoms with Gasteiger partial charge in [-0.2, -0.15) is 0 Å².